The van der Waals surface area contributed by atoms with Crippen molar-refractivity contribution in [1.29, 1.82) is 0 Å². The lowest BCUT2D eigenvalue weighted by molar-refractivity contribution is 0.164. The van der Waals surface area contributed by atoms with E-state index in [2.05, 4.69) is 50.6 Å². The number of ether oxygens (including phenoxy) is 1. The van der Waals surface area contributed by atoms with E-state index in [4.69, 9.17) is 32.0 Å². The molecular weight excluding hydrogens is 372 g/mol. The molecule has 1 atom stereocenters. The number of pyridine rings is 2. The van der Waals surface area contributed by atoms with Crippen LogP contribution in [0.2, 0.25) is 5.02 Å². The predicted octanol–water partition coefficient (Wildman–Crippen LogP) is 4.89. The van der Waals surface area contributed by atoms with Gasteiger partial charge in [-0.25, -0.2) is 4.98 Å². The van der Waals surface area contributed by atoms with E-state index in [1.54, 1.807) is 7.11 Å². The van der Waals surface area contributed by atoms with Crippen molar-refractivity contribution >= 4 is 22.6 Å². The predicted molar refractivity (Wildman–Crippen MR) is 116 cm³/mol. The van der Waals surface area contributed by atoms with Crippen LogP contribution in [0.25, 0.3) is 22.3 Å². The molecule has 0 saturated heterocycles. The largest absolute Gasteiger partial charge is 0.383 e. The summed E-state index contributed by atoms with van der Waals surface area (Å²) in [5.74, 6) is 0.357. The third-order valence-corrected chi connectivity index (χ3v) is 5.33. The Morgan fingerprint density at radius 1 is 1.21 bits per heavy atom. The topological polar surface area (TPSA) is 66.0 Å². The summed E-state index contributed by atoms with van der Waals surface area (Å²) in [6, 6.07) is 6.33. The van der Waals surface area contributed by atoms with Gasteiger partial charge in [-0.15, -0.1) is 0 Å². The van der Waals surface area contributed by atoms with Crippen molar-refractivity contribution in [2.24, 2.45) is 5.73 Å². The second-order valence-corrected chi connectivity index (χ2v) is 8.04. The maximum Gasteiger partial charge on any atom is 0.0918 e. The summed E-state index contributed by atoms with van der Waals surface area (Å²) in [4.78, 5) is 9.79. The zero-order valence-corrected chi connectivity index (χ0v) is 18.0. The number of hydrogen-bond donors (Lipinski definition) is 1. The van der Waals surface area contributed by atoms with Crippen molar-refractivity contribution in [2.75, 3.05) is 20.3 Å². The van der Waals surface area contributed by atoms with Crippen LogP contribution in [0.4, 0.5) is 0 Å². The van der Waals surface area contributed by atoms with Crippen molar-refractivity contribution in [2.45, 2.75) is 46.1 Å². The summed E-state index contributed by atoms with van der Waals surface area (Å²) in [6.45, 7) is 9.63. The maximum atomic E-state index is 6.71. The fourth-order valence-corrected chi connectivity index (χ4v) is 3.81. The van der Waals surface area contributed by atoms with Crippen LogP contribution in [-0.4, -0.2) is 34.8 Å². The second-order valence-electron chi connectivity index (χ2n) is 7.63. The van der Waals surface area contributed by atoms with Crippen molar-refractivity contribution in [3.8, 4) is 11.3 Å². The average molecular weight is 401 g/mol. The van der Waals surface area contributed by atoms with E-state index in [0.29, 0.717) is 30.5 Å². The van der Waals surface area contributed by atoms with Gasteiger partial charge in [-0.1, -0.05) is 25.4 Å². The van der Waals surface area contributed by atoms with E-state index < -0.39 is 0 Å². The van der Waals surface area contributed by atoms with E-state index in [1.165, 1.54) is 0 Å². The SMILES string of the molecule is COC[C@H](C)n1cc(C)c2nc(-c3ccc(C(C)C)nc3CCN)c(Cl)cc21. The number of aryl methyl sites for hydroxylation is 1. The van der Waals surface area contributed by atoms with Crippen molar-refractivity contribution in [1.82, 2.24) is 14.5 Å². The molecule has 28 heavy (non-hydrogen) atoms. The molecule has 2 N–H and O–H groups in total. The first-order valence-corrected chi connectivity index (χ1v) is 10.1. The Morgan fingerprint density at radius 2 is 1.96 bits per heavy atom. The number of nitrogens with two attached hydrogens (primary N) is 1. The number of hydrogen-bond acceptors (Lipinski definition) is 4. The van der Waals surface area contributed by atoms with Gasteiger partial charge >= 0.3 is 0 Å². The standard InChI is InChI=1S/C22H29ClN4O/c1-13(2)18-7-6-16(19(25-18)8-9-24)22-17(23)10-20-21(26-22)14(3)11-27(20)15(4)12-28-5/h6-7,10-11,13,15H,8-9,12,24H2,1-5H3/t15-/m0/s1. The highest BCUT2D eigenvalue weighted by Crippen LogP contribution is 2.34. The zero-order valence-electron chi connectivity index (χ0n) is 17.3. The van der Waals surface area contributed by atoms with Gasteiger partial charge in [0.2, 0.25) is 0 Å². The lowest BCUT2D eigenvalue weighted by Crippen LogP contribution is -2.10. The first-order valence-electron chi connectivity index (χ1n) is 9.74. The van der Waals surface area contributed by atoms with Crippen LogP contribution in [0.1, 0.15) is 49.7 Å². The van der Waals surface area contributed by atoms with E-state index in [-0.39, 0.29) is 6.04 Å². The Labute approximate surface area is 171 Å². The molecule has 5 nitrogen and oxygen atoms in total. The second kappa shape index (κ2) is 8.60. The summed E-state index contributed by atoms with van der Waals surface area (Å²) < 4.78 is 7.50. The lowest BCUT2D eigenvalue weighted by atomic mass is 10.0. The monoisotopic (exact) mass is 400 g/mol. The molecule has 3 aromatic rings. The number of halogens is 1. The molecule has 3 rings (SSSR count). The number of fused-ring (bicyclic) bond motifs is 1. The minimum Gasteiger partial charge on any atom is -0.383 e. The Hall–Kier alpha value is -1.95. The van der Waals surface area contributed by atoms with Crippen molar-refractivity contribution in [3.05, 3.63) is 46.4 Å². The smallest absolute Gasteiger partial charge is 0.0918 e. The lowest BCUT2D eigenvalue weighted by Gasteiger charge is -2.15. The third kappa shape index (κ3) is 3.93. The summed E-state index contributed by atoms with van der Waals surface area (Å²) in [5, 5.41) is 0.619. The summed E-state index contributed by atoms with van der Waals surface area (Å²) >= 11 is 6.71. The molecule has 3 heterocycles. The molecule has 0 aliphatic heterocycles. The Balaban J connectivity index is 2.17. The summed E-state index contributed by atoms with van der Waals surface area (Å²) in [7, 11) is 1.71. The first-order chi connectivity index (χ1) is 13.4. The molecule has 3 aromatic heterocycles. The first kappa shape index (κ1) is 20.8. The highest BCUT2D eigenvalue weighted by Gasteiger charge is 2.18. The van der Waals surface area contributed by atoms with Crippen LogP contribution >= 0.6 is 11.6 Å². The van der Waals surface area contributed by atoms with Gasteiger partial charge in [-0.05, 0) is 50.1 Å². The molecule has 0 spiro atoms. The highest BCUT2D eigenvalue weighted by molar-refractivity contribution is 6.33. The Bertz CT molecular complexity index is 980. The zero-order chi connectivity index (χ0) is 20.4. The van der Waals surface area contributed by atoms with Gasteiger partial charge in [0.05, 0.1) is 40.1 Å². The number of methoxy groups -OCH3 is 1. The van der Waals surface area contributed by atoms with E-state index in [0.717, 1.165) is 39.2 Å². The molecule has 150 valence electrons. The van der Waals surface area contributed by atoms with Gasteiger partial charge in [-0.2, -0.15) is 0 Å². The average Bonchev–Trinajstić information content (AvgIpc) is 2.97. The van der Waals surface area contributed by atoms with Gasteiger partial charge in [0.25, 0.3) is 0 Å². The van der Waals surface area contributed by atoms with Crippen LogP contribution in [0.3, 0.4) is 0 Å². The van der Waals surface area contributed by atoms with Crippen molar-refractivity contribution < 1.29 is 4.74 Å². The van der Waals surface area contributed by atoms with Gasteiger partial charge in [0.15, 0.2) is 0 Å². The molecule has 0 bridgehead atoms. The van der Waals surface area contributed by atoms with Gasteiger partial charge in [-0.3, -0.25) is 4.98 Å². The molecule has 6 heteroatoms. The Morgan fingerprint density at radius 3 is 2.61 bits per heavy atom. The fourth-order valence-electron chi connectivity index (χ4n) is 3.56. The van der Waals surface area contributed by atoms with Crippen LogP contribution in [0.15, 0.2) is 24.4 Å². The van der Waals surface area contributed by atoms with Crippen LogP contribution in [-0.2, 0) is 11.2 Å². The molecular formula is C22H29ClN4O. The maximum absolute atomic E-state index is 6.71. The van der Waals surface area contributed by atoms with E-state index in [1.807, 2.05) is 6.07 Å². The van der Waals surface area contributed by atoms with Gasteiger partial charge in [0.1, 0.15) is 0 Å². The highest BCUT2D eigenvalue weighted by atomic mass is 35.5. The number of rotatable bonds is 7. The molecule has 0 aromatic carbocycles. The number of nitrogens with zero attached hydrogens (tertiary/aromatic N) is 3. The van der Waals surface area contributed by atoms with Crippen LogP contribution in [0, 0.1) is 6.92 Å². The minimum atomic E-state index is 0.199. The molecule has 0 unspecified atom stereocenters. The molecule has 0 amide bonds. The molecule has 0 aliphatic carbocycles. The Kier molecular flexibility index (Phi) is 6.38. The molecule has 0 saturated carbocycles. The molecule has 0 aliphatic rings. The third-order valence-electron chi connectivity index (χ3n) is 5.05. The quantitative estimate of drug-likeness (QED) is 0.613. The fraction of sp³-hybridized carbons (Fsp3) is 0.455. The van der Waals surface area contributed by atoms with Crippen LogP contribution < -0.4 is 5.73 Å². The minimum absolute atomic E-state index is 0.199. The van der Waals surface area contributed by atoms with Crippen molar-refractivity contribution in [3.63, 3.8) is 0 Å². The molecule has 0 radical (unpaired) electrons. The summed E-state index contributed by atoms with van der Waals surface area (Å²) in [5.41, 5.74) is 12.7. The van der Waals surface area contributed by atoms with Gasteiger partial charge < -0.3 is 15.0 Å². The van der Waals surface area contributed by atoms with Gasteiger partial charge in [0, 0.05) is 31.0 Å². The number of aromatic nitrogens is 3. The molecule has 0 fully saturated rings. The van der Waals surface area contributed by atoms with Crippen LogP contribution in [0.5, 0.6) is 0 Å². The normalized spacial score (nSPS) is 12.9. The van der Waals surface area contributed by atoms with E-state index >= 15 is 0 Å². The van der Waals surface area contributed by atoms with E-state index in [9.17, 15) is 0 Å². The summed E-state index contributed by atoms with van der Waals surface area (Å²) in [6.07, 6.45) is 2.80.